The summed E-state index contributed by atoms with van der Waals surface area (Å²) < 4.78 is 0.214. The van der Waals surface area contributed by atoms with Gasteiger partial charge in [-0.05, 0) is 25.2 Å². The van der Waals surface area contributed by atoms with Crippen molar-refractivity contribution in [3.63, 3.8) is 0 Å². The standard InChI is InChI=1S/C9H13BrO/c10-9-3-1-2-7(5-9)4-8(11)6-9/h7H,1-6H2/t7-,9-/m0/s1. The van der Waals surface area contributed by atoms with Crippen molar-refractivity contribution < 1.29 is 4.79 Å². The molecule has 0 unspecified atom stereocenters. The second-order valence-electron chi connectivity index (χ2n) is 4.03. The molecule has 0 spiro atoms. The van der Waals surface area contributed by atoms with Gasteiger partial charge in [0.05, 0.1) is 0 Å². The van der Waals surface area contributed by atoms with Gasteiger partial charge in [0.2, 0.25) is 0 Å². The molecule has 0 N–H and O–H groups in total. The molecule has 0 radical (unpaired) electrons. The zero-order valence-corrected chi connectivity index (χ0v) is 8.19. The minimum atomic E-state index is 0.214. The first-order valence-electron chi connectivity index (χ1n) is 4.39. The quantitative estimate of drug-likeness (QED) is 0.570. The number of fused-ring (bicyclic) bond motifs is 2. The van der Waals surface area contributed by atoms with Gasteiger partial charge < -0.3 is 0 Å². The lowest BCUT2D eigenvalue weighted by Crippen LogP contribution is -2.37. The molecule has 0 aromatic heterocycles. The highest BCUT2D eigenvalue weighted by atomic mass is 79.9. The van der Waals surface area contributed by atoms with Gasteiger partial charge in [0.25, 0.3) is 0 Å². The first-order chi connectivity index (χ1) is 5.18. The molecule has 11 heavy (non-hydrogen) atoms. The Morgan fingerprint density at radius 1 is 1.55 bits per heavy atom. The monoisotopic (exact) mass is 216 g/mol. The molecule has 2 aliphatic carbocycles. The predicted octanol–water partition coefficient (Wildman–Crippen LogP) is 2.67. The summed E-state index contributed by atoms with van der Waals surface area (Å²) in [7, 11) is 0. The van der Waals surface area contributed by atoms with E-state index in [0.717, 1.165) is 12.8 Å². The van der Waals surface area contributed by atoms with Crippen LogP contribution in [0.15, 0.2) is 0 Å². The van der Waals surface area contributed by atoms with Crippen LogP contribution < -0.4 is 0 Å². The Morgan fingerprint density at radius 3 is 3.09 bits per heavy atom. The highest BCUT2D eigenvalue weighted by Crippen LogP contribution is 2.46. The van der Waals surface area contributed by atoms with Gasteiger partial charge in [0.15, 0.2) is 0 Å². The highest BCUT2D eigenvalue weighted by Gasteiger charge is 2.40. The van der Waals surface area contributed by atoms with E-state index in [2.05, 4.69) is 15.9 Å². The lowest BCUT2D eigenvalue weighted by atomic mass is 9.72. The maximum absolute atomic E-state index is 11.3. The van der Waals surface area contributed by atoms with E-state index in [4.69, 9.17) is 0 Å². The van der Waals surface area contributed by atoms with Gasteiger partial charge in [0.1, 0.15) is 5.78 Å². The first-order valence-corrected chi connectivity index (χ1v) is 5.18. The van der Waals surface area contributed by atoms with Crippen molar-refractivity contribution in [3.8, 4) is 0 Å². The molecule has 2 aliphatic rings. The molecule has 2 fully saturated rings. The molecule has 0 heterocycles. The lowest BCUT2D eigenvalue weighted by Gasteiger charge is -2.40. The Kier molecular flexibility index (Phi) is 1.82. The van der Waals surface area contributed by atoms with Gasteiger partial charge >= 0.3 is 0 Å². The Bertz CT molecular complexity index is 190. The average molecular weight is 217 g/mol. The van der Waals surface area contributed by atoms with E-state index in [1.807, 2.05) is 0 Å². The third-order valence-corrected chi connectivity index (χ3v) is 3.92. The number of hydrogen-bond donors (Lipinski definition) is 0. The van der Waals surface area contributed by atoms with Crippen LogP contribution in [-0.2, 0) is 4.79 Å². The smallest absolute Gasteiger partial charge is 0.134 e. The van der Waals surface area contributed by atoms with Gasteiger partial charge in [-0.15, -0.1) is 0 Å². The number of carbonyl (C=O) groups excluding carboxylic acids is 1. The highest BCUT2D eigenvalue weighted by molar-refractivity contribution is 9.10. The van der Waals surface area contributed by atoms with Crippen molar-refractivity contribution in [2.75, 3.05) is 0 Å². The summed E-state index contributed by atoms with van der Waals surface area (Å²) in [5.41, 5.74) is 0. The predicted molar refractivity (Wildman–Crippen MR) is 47.9 cm³/mol. The van der Waals surface area contributed by atoms with Gasteiger partial charge in [-0.3, -0.25) is 4.79 Å². The summed E-state index contributed by atoms with van der Waals surface area (Å²) in [6, 6.07) is 0. The lowest BCUT2D eigenvalue weighted by molar-refractivity contribution is -0.123. The maximum atomic E-state index is 11.3. The van der Waals surface area contributed by atoms with E-state index in [1.165, 1.54) is 25.7 Å². The number of halogens is 1. The Hall–Kier alpha value is 0.150. The summed E-state index contributed by atoms with van der Waals surface area (Å²) in [5, 5.41) is 0. The average Bonchev–Trinajstić information content (AvgIpc) is 1.82. The summed E-state index contributed by atoms with van der Waals surface area (Å²) >= 11 is 3.71. The van der Waals surface area contributed by atoms with Gasteiger partial charge in [-0.2, -0.15) is 0 Å². The van der Waals surface area contributed by atoms with Gasteiger partial charge in [0, 0.05) is 17.2 Å². The fourth-order valence-electron chi connectivity index (χ4n) is 2.51. The van der Waals surface area contributed by atoms with E-state index >= 15 is 0 Å². The number of rotatable bonds is 0. The number of hydrogen-bond acceptors (Lipinski definition) is 1. The Morgan fingerprint density at radius 2 is 2.36 bits per heavy atom. The van der Waals surface area contributed by atoms with Crippen molar-refractivity contribution in [2.45, 2.75) is 42.8 Å². The third kappa shape index (κ3) is 1.51. The molecular formula is C9H13BrO. The van der Waals surface area contributed by atoms with E-state index in [-0.39, 0.29) is 4.32 Å². The number of Topliss-reactive ketones (excluding diaryl/α,β-unsaturated/α-hetero) is 1. The third-order valence-electron chi connectivity index (χ3n) is 2.92. The summed E-state index contributed by atoms with van der Waals surface area (Å²) in [6.07, 6.45) is 6.66. The molecule has 2 rings (SSSR count). The summed E-state index contributed by atoms with van der Waals surface area (Å²) in [4.78, 5) is 11.3. The minimum Gasteiger partial charge on any atom is -0.300 e. The van der Waals surface area contributed by atoms with Crippen LogP contribution in [0.5, 0.6) is 0 Å². The van der Waals surface area contributed by atoms with Gasteiger partial charge in [-0.1, -0.05) is 22.4 Å². The second kappa shape index (κ2) is 2.58. The molecule has 0 saturated heterocycles. The molecule has 0 aromatic carbocycles. The Balaban J connectivity index is 2.15. The zero-order chi connectivity index (χ0) is 7.90. The van der Waals surface area contributed by atoms with E-state index < -0.39 is 0 Å². The van der Waals surface area contributed by atoms with Crippen molar-refractivity contribution in [2.24, 2.45) is 5.92 Å². The fraction of sp³-hybridized carbons (Fsp3) is 0.889. The summed E-state index contributed by atoms with van der Waals surface area (Å²) in [5.74, 6) is 1.17. The topological polar surface area (TPSA) is 17.1 Å². The second-order valence-corrected chi connectivity index (χ2v) is 5.72. The first kappa shape index (κ1) is 7.78. The molecule has 1 nitrogen and oxygen atoms in total. The van der Waals surface area contributed by atoms with Crippen molar-refractivity contribution in [3.05, 3.63) is 0 Å². The van der Waals surface area contributed by atoms with E-state index in [0.29, 0.717) is 11.7 Å². The molecule has 0 aliphatic heterocycles. The molecular weight excluding hydrogens is 204 g/mol. The van der Waals surface area contributed by atoms with Crippen LogP contribution in [0.25, 0.3) is 0 Å². The van der Waals surface area contributed by atoms with Crippen molar-refractivity contribution >= 4 is 21.7 Å². The molecule has 2 bridgehead atoms. The van der Waals surface area contributed by atoms with E-state index in [9.17, 15) is 4.79 Å². The normalized spacial score (nSPS) is 44.1. The van der Waals surface area contributed by atoms with Crippen LogP contribution in [0.4, 0.5) is 0 Å². The molecule has 2 heteroatoms. The van der Waals surface area contributed by atoms with Crippen LogP contribution in [-0.4, -0.2) is 10.1 Å². The fourth-order valence-corrected chi connectivity index (χ4v) is 3.56. The molecule has 2 atom stereocenters. The van der Waals surface area contributed by atoms with Crippen LogP contribution in [0.2, 0.25) is 0 Å². The molecule has 62 valence electrons. The number of carbonyl (C=O) groups is 1. The van der Waals surface area contributed by atoms with Crippen LogP contribution >= 0.6 is 15.9 Å². The zero-order valence-electron chi connectivity index (χ0n) is 6.61. The molecule has 0 amide bonds. The molecule has 2 saturated carbocycles. The summed E-state index contributed by atoms with van der Waals surface area (Å²) in [6.45, 7) is 0. The van der Waals surface area contributed by atoms with Crippen LogP contribution in [0.1, 0.15) is 38.5 Å². The molecule has 0 aromatic rings. The maximum Gasteiger partial charge on any atom is 0.134 e. The van der Waals surface area contributed by atoms with Crippen molar-refractivity contribution in [1.82, 2.24) is 0 Å². The number of alkyl halides is 1. The number of ketones is 1. The van der Waals surface area contributed by atoms with Crippen molar-refractivity contribution in [1.29, 1.82) is 0 Å². The SMILES string of the molecule is O=C1C[C@@H]2CCC[C@@](Br)(C1)C2. The van der Waals surface area contributed by atoms with Crippen LogP contribution in [0.3, 0.4) is 0 Å². The largest absolute Gasteiger partial charge is 0.300 e. The minimum absolute atomic E-state index is 0.214. The Labute approximate surface area is 75.7 Å². The van der Waals surface area contributed by atoms with Crippen LogP contribution in [0, 0.1) is 5.92 Å². The van der Waals surface area contributed by atoms with Gasteiger partial charge in [-0.25, -0.2) is 0 Å². The van der Waals surface area contributed by atoms with E-state index in [1.54, 1.807) is 0 Å².